The first kappa shape index (κ1) is 17.5. The minimum absolute atomic E-state index is 0.0476. The summed E-state index contributed by atoms with van der Waals surface area (Å²) in [7, 11) is -3.74. The monoisotopic (exact) mass is 314 g/mol. The molecule has 1 aromatic carbocycles. The van der Waals surface area contributed by atoms with Gasteiger partial charge in [-0.15, -0.1) is 0 Å². The number of hydrogen-bond donors (Lipinski definition) is 2. The Bertz CT molecular complexity index is 624. The standard InChI is InChI=1S/C14H22N2O4S/c1-5-14(3,4)16-13(17)9-20-11-6-7-12(10(2)8-11)21(15,18)19/h6-8H,5,9H2,1-4H3,(H,16,17)(H2,15,18,19). The van der Waals surface area contributed by atoms with Crippen LogP contribution in [0.5, 0.6) is 5.75 Å². The minimum Gasteiger partial charge on any atom is -0.484 e. The van der Waals surface area contributed by atoms with Gasteiger partial charge in [-0.3, -0.25) is 4.79 Å². The molecule has 1 amide bonds. The zero-order valence-electron chi connectivity index (χ0n) is 12.8. The highest BCUT2D eigenvalue weighted by molar-refractivity contribution is 7.89. The Balaban J connectivity index is 2.70. The highest BCUT2D eigenvalue weighted by Crippen LogP contribution is 2.20. The van der Waals surface area contributed by atoms with Crippen LogP contribution in [0.3, 0.4) is 0 Å². The van der Waals surface area contributed by atoms with Gasteiger partial charge in [0.15, 0.2) is 6.61 Å². The summed E-state index contributed by atoms with van der Waals surface area (Å²) in [5.74, 6) is 0.194. The van der Waals surface area contributed by atoms with Crippen molar-refractivity contribution in [3.63, 3.8) is 0 Å². The number of hydrogen-bond acceptors (Lipinski definition) is 4. The molecule has 3 N–H and O–H groups in total. The van der Waals surface area contributed by atoms with E-state index in [0.29, 0.717) is 11.3 Å². The van der Waals surface area contributed by atoms with Crippen molar-refractivity contribution >= 4 is 15.9 Å². The summed E-state index contributed by atoms with van der Waals surface area (Å²) in [5.41, 5.74) is 0.192. The van der Waals surface area contributed by atoms with Crippen LogP contribution in [-0.4, -0.2) is 26.5 Å². The molecular weight excluding hydrogens is 292 g/mol. The molecule has 0 saturated carbocycles. The number of amides is 1. The van der Waals surface area contributed by atoms with Crippen LogP contribution < -0.4 is 15.2 Å². The fourth-order valence-electron chi connectivity index (χ4n) is 1.68. The third-order valence-electron chi connectivity index (χ3n) is 3.18. The highest BCUT2D eigenvalue weighted by Gasteiger charge is 2.18. The van der Waals surface area contributed by atoms with E-state index in [-0.39, 0.29) is 22.9 Å². The highest BCUT2D eigenvalue weighted by atomic mass is 32.2. The Kier molecular flexibility index (Phi) is 5.36. The molecule has 0 aliphatic heterocycles. The van der Waals surface area contributed by atoms with Crippen LogP contribution in [-0.2, 0) is 14.8 Å². The lowest BCUT2D eigenvalue weighted by molar-refractivity contribution is -0.124. The number of nitrogens with one attached hydrogen (secondary N) is 1. The van der Waals surface area contributed by atoms with E-state index in [0.717, 1.165) is 6.42 Å². The molecule has 21 heavy (non-hydrogen) atoms. The van der Waals surface area contributed by atoms with Gasteiger partial charge in [-0.25, -0.2) is 13.6 Å². The van der Waals surface area contributed by atoms with Gasteiger partial charge in [-0.1, -0.05) is 6.92 Å². The second-order valence-corrected chi connectivity index (χ2v) is 7.08. The summed E-state index contributed by atoms with van der Waals surface area (Å²) < 4.78 is 27.9. The summed E-state index contributed by atoms with van der Waals surface area (Å²) in [6.07, 6.45) is 0.806. The first-order valence-electron chi connectivity index (χ1n) is 6.62. The van der Waals surface area contributed by atoms with Gasteiger partial charge in [0, 0.05) is 5.54 Å². The van der Waals surface area contributed by atoms with Gasteiger partial charge in [-0.2, -0.15) is 0 Å². The molecule has 1 aromatic rings. The molecular formula is C14H22N2O4S. The van der Waals surface area contributed by atoms with Crippen LogP contribution in [0.2, 0.25) is 0 Å². The molecule has 118 valence electrons. The smallest absolute Gasteiger partial charge is 0.258 e. The molecule has 0 aromatic heterocycles. The van der Waals surface area contributed by atoms with E-state index < -0.39 is 10.0 Å². The zero-order valence-corrected chi connectivity index (χ0v) is 13.6. The van der Waals surface area contributed by atoms with Gasteiger partial charge in [0.1, 0.15) is 5.75 Å². The van der Waals surface area contributed by atoms with Crippen molar-refractivity contribution in [2.75, 3.05) is 6.61 Å². The summed E-state index contributed by atoms with van der Waals surface area (Å²) in [6, 6.07) is 4.39. The number of rotatable bonds is 6. The van der Waals surface area contributed by atoms with E-state index >= 15 is 0 Å². The molecule has 6 nitrogen and oxygen atoms in total. The first-order chi connectivity index (χ1) is 9.55. The van der Waals surface area contributed by atoms with Crippen LogP contribution >= 0.6 is 0 Å². The maximum atomic E-state index is 11.8. The Morgan fingerprint density at radius 2 is 2.00 bits per heavy atom. The summed E-state index contributed by atoms with van der Waals surface area (Å²) >= 11 is 0. The number of primary sulfonamides is 1. The lowest BCUT2D eigenvalue weighted by Gasteiger charge is -2.24. The van der Waals surface area contributed by atoms with E-state index in [9.17, 15) is 13.2 Å². The molecule has 0 bridgehead atoms. The topological polar surface area (TPSA) is 98.5 Å². The van der Waals surface area contributed by atoms with Crippen molar-refractivity contribution in [3.05, 3.63) is 23.8 Å². The van der Waals surface area contributed by atoms with Crippen molar-refractivity contribution in [1.82, 2.24) is 5.32 Å². The molecule has 7 heteroatoms. The molecule has 0 heterocycles. The van der Waals surface area contributed by atoms with Crippen LogP contribution in [0.1, 0.15) is 32.8 Å². The van der Waals surface area contributed by atoms with Crippen LogP contribution in [0.4, 0.5) is 0 Å². The Hall–Kier alpha value is -1.60. The van der Waals surface area contributed by atoms with Gasteiger partial charge >= 0.3 is 0 Å². The minimum atomic E-state index is -3.74. The van der Waals surface area contributed by atoms with Crippen LogP contribution in [0, 0.1) is 6.92 Å². The molecule has 0 radical (unpaired) electrons. The maximum absolute atomic E-state index is 11.8. The van der Waals surface area contributed by atoms with Crippen molar-refractivity contribution in [1.29, 1.82) is 0 Å². The first-order valence-corrected chi connectivity index (χ1v) is 8.17. The van der Waals surface area contributed by atoms with Crippen LogP contribution in [0.15, 0.2) is 23.1 Å². The van der Waals surface area contributed by atoms with Crippen molar-refractivity contribution in [3.8, 4) is 5.75 Å². The van der Waals surface area contributed by atoms with E-state index in [1.54, 1.807) is 6.92 Å². The number of carbonyl (C=O) groups is 1. The Labute approximate surface area is 125 Å². The third-order valence-corrected chi connectivity index (χ3v) is 4.26. The molecule has 0 saturated heterocycles. The van der Waals surface area contributed by atoms with E-state index in [4.69, 9.17) is 9.88 Å². The Morgan fingerprint density at radius 1 is 1.38 bits per heavy atom. The molecule has 0 spiro atoms. The lowest BCUT2D eigenvalue weighted by atomic mass is 10.0. The average Bonchev–Trinajstić information content (AvgIpc) is 2.34. The largest absolute Gasteiger partial charge is 0.484 e. The molecule has 0 aliphatic carbocycles. The predicted molar refractivity (Wildman–Crippen MR) is 80.6 cm³/mol. The van der Waals surface area contributed by atoms with Crippen LogP contribution in [0.25, 0.3) is 0 Å². The number of aryl methyl sites for hydroxylation is 1. The van der Waals surface area contributed by atoms with Gasteiger partial charge in [0.2, 0.25) is 10.0 Å². The quantitative estimate of drug-likeness (QED) is 0.827. The lowest BCUT2D eigenvalue weighted by Crippen LogP contribution is -2.44. The maximum Gasteiger partial charge on any atom is 0.258 e. The number of carbonyl (C=O) groups excluding carboxylic acids is 1. The molecule has 1 rings (SSSR count). The van der Waals surface area contributed by atoms with Crippen molar-refractivity contribution < 1.29 is 17.9 Å². The summed E-state index contributed by atoms with van der Waals surface area (Å²) in [6.45, 7) is 7.33. The molecule has 0 unspecified atom stereocenters. The second-order valence-electron chi connectivity index (χ2n) is 5.55. The molecule has 0 aliphatic rings. The van der Waals surface area contributed by atoms with E-state index in [1.807, 2.05) is 20.8 Å². The van der Waals surface area contributed by atoms with Gasteiger partial charge in [-0.05, 0) is 51.0 Å². The molecule has 0 fully saturated rings. The summed E-state index contributed by atoms with van der Waals surface area (Å²) in [5, 5.41) is 7.93. The van der Waals surface area contributed by atoms with E-state index in [2.05, 4.69) is 5.32 Å². The van der Waals surface area contributed by atoms with Gasteiger partial charge < -0.3 is 10.1 Å². The fraction of sp³-hybridized carbons (Fsp3) is 0.500. The van der Waals surface area contributed by atoms with Crippen molar-refractivity contribution in [2.45, 2.75) is 44.6 Å². The Morgan fingerprint density at radius 3 is 2.48 bits per heavy atom. The number of benzene rings is 1. The number of sulfonamides is 1. The predicted octanol–water partition coefficient (Wildman–Crippen LogP) is 1.33. The summed E-state index contributed by atoms with van der Waals surface area (Å²) in [4.78, 5) is 11.8. The second kappa shape index (κ2) is 6.44. The zero-order chi connectivity index (χ0) is 16.3. The normalized spacial score (nSPS) is 12.0. The average molecular weight is 314 g/mol. The number of ether oxygens (including phenoxy) is 1. The van der Waals surface area contributed by atoms with E-state index in [1.165, 1.54) is 18.2 Å². The number of nitrogens with two attached hydrogens (primary N) is 1. The van der Waals surface area contributed by atoms with Gasteiger partial charge in [0.05, 0.1) is 4.90 Å². The van der Waals surface area contributed by atoms with Gasteiger partial charge in [0.25, 0.3) is 5.91 Å². The fourth-order valence-corrected chi connectivity index (χ4v) is 2.45. The van der Waals surface area contributed by atoms with Crippen molar-refractivity contribution in [2.24, 2.45) is 5.14 Å². The molecule has 0 atom stereocenters. The SMILES string of the molecule is CCC(C)(C)NC(=O)COc1ccc(S(N)(=O)=O)c(C)c1. The third kappa shape index (κ3) is 5.35.